The van der Waals surface area contributed by atoms with Crippen LogP contribution in [0.4, 0.5) is 0 Å². The zero-order chi connectivity index (χ0) is 26.1. The molecule has 7 atom stereocenters. The fourth-order valence-electron chi connectivity index (χ4n) is 6.97. The van der Waals surface area contributed by atoms with E-state index in [1.54, 1.807) is 32.8 Å². The Hall–Kier alpha value is -1.69. The highest BCUT2D eigenvalue weighted by Crippen LogP contribution is 2.59. The van der Waals surface area contributed by atoms with Gasteiger partial charge in [0.25, 0.3) is 0 Å². The molecule has 0 bridgehead atoms. The lowest BCUT2D eigenvalue weighted by Crippen LogP contribution is -2.43. The quantitative estimate of drug-likeness (QED) is 0.472. The number of allylic oxidation sites excluding steroid dienone is 4. The molecule has 0 unspecified atom stereocenters. The summed E-state index contributed by atoms with van der Waals surface area (Å²) in [5, 5.41) is 31.0. The number of carbonyl (C=O) groups excluding carboxylic acids is 1. The summed E-state index contributed by atoms with van der Waals surface area (Å²) in [6.45, 7) is 12.3. The highest BCUT2D eigenvalue weighted by molar-refractivity contribution is 5.82. The molecule has 3 aliphatic carbocycles. The van der Waals surface area contributed by atoms with Crippen LogP contribution in [0.2, 0.25) is 0 Å². The molecule has 0 aromatic heterocycles. The molecule has 3 aliphatic rings. The molecule has 1 amide bonds. The van der Waals surface area contributed by atoms with Crippen molar-refractivity contribution in [1.82, 2.24) is 4.90 Å². The molecule has 3 fully saturated rings. The maximum Gasteiger partial charge on any atom is 0.230 e. The molecule has 0 heterocycles. The van der Waals surface area contributed by atoms with Crippen LogP contribution in [0.3, 0.4) is 0 Å². The number of hydrogen-bond donors (Lipinski definition) is 3. The van der Waals surface area contributed by atoms with Gasteiger partial charge in [0.1, 0.15) is 0 Å². The average Bonchev–Trinajstić information content (AvgIpc) is 3.15. The Bertz CT molecular complexity index is 898. The Labute approximate surface area is 212 Å². The number of nitrogens with zero attached hydrogens (tertiary/aromatic N) is 1. The molecule has 0 aliphatic heterocycles. The second-order valence-electron chi connectivity index (χ2n) is 12.3. The van der Waals surface area contributed by atoms with E-state index in [0.717, 1.165) is 36.8 Å². The molecule has 196 valence electrons. The molecule has 0 aromatic carbocycles. The lowest BCUT2D eigenvalue weighted by atomic mass is 9.61. The first-order valence-corrected chi connectivity index (χ1v) is 13.3. The monoisotopic (exact) mass is 485 g/mol. The predicted octanol–water partition coefficient (Wildman–Crippen LogP) is 4.80. The zero-order valence-electron chi connectivity index (χ0n) is 22.6. The maximum atomic E-state index is 12.5. The normalized spacial score (nSPS) is 36.0. The molecule has 3 saturated carbocycles. The van der Waals surface area contributed by atoms with Crippen LogP contribution in [-0.4, -0.2) is 58.5 Å². The van der Waals surface area contributed by atoms with Crippen LogP contribution in [0.1, 0.15) is 72.6 Å². The van der Waals surface area contributed by atoms with Crippen molar-refractivity contribution in [1.29, 1.82) is 0 Å². The van der Waals surface area contributed by atoms with Crippen LogP contribution in [0.25, 0.3) is 0 Å². The van der Waals surface area contributed by atoms with Gasteiger partial charge in [-0.2, -0.15) is 0 Å². The Kier molecular flexibility index (Phi) is 8.56. The van der Waals surface area contributed by atoms with Crippen LogP contribution in [0, 0.1) is 28.6 Å². The largest absolute Gasteiger partial charge is 0.393 e. The van der Waals surface area contributed by atoms with Crippen LogP contribution < -0.4 is 0 Å². The summed E-state index contributed by atoms with van der Waals surface area (Å²) in [5.74, 6) is 1.28. The van der Waals surface area contributed by atoms with E-state index in [1.807, 2.05) is 6.08 Å². The topological polar surface area (TPSA) is 81.0 Å². The third-order valence-electron chi connectivity index (χ3n) is 9.23. The molecular formula is C30H47NO4. The second kappa shape index (κ2) is 10.7. The SMILES string of the molecule is C=C1/C(=C\C=C2/CCC[C@]3(C)[C@@H]([C@H](C)/C=C/[C@@H](O)C(C)(C)C(=O)N(C)C)CC[C@@H]23)C[C@@H](O)C[C@@H]1O. The van der Waals surface area contributed by atoms with Crippen molar-refractivity contribution in [3.05, 3.63) is 47.6 Å². The number of aliphatic hydroxyl groups excluding tert-OH is 3. The summed E-state index contributed by atoms with van der Waals surface area (Å²) in [4.78, 5) is 14.0. The number of amides is 1. The molecule has 35 heavy (non-hydrogen) atoms. The lowest BCUT2D eigenvalue weighted by molar-refractivity contribution is -0.142. The number of carbonyl (C=O) groups is 1. The average molecular weight is 486 g/mol. The van der Waals surface area contributed by atoms with Crippen LogP contribution in [-0.2, 0) is 4.79 Å². The highest BCUT2D eigenvalue weighted by atomic mass is 16.3. The minimum Gasteiger partial charge on any atom is -0.393 e. The van der Waals surface area contributed by atoms with Crippen LogP contribution in [0.15, 0.2) is 47.6 Å². The summed E-state index contributed by atoms with van der Waals surface area (Å²) < 4.78 is 0. The van der Waals surface area contributed by atoms with Crippen molar-refractivity contribution in [3.8, 4) is 0 Å². The number of hydrogen-bond acceptors (Lipinski definition) is 4. The van der Waals surface area contributed by atoms with Gasteiger partial charge in [0.15, 0.2) is 0 Å². The van der Waals surface area contributed by atoms with Gasteiger partial charge >= 0.3 is 0 Å². The third-order valence-corrected chi connectivity index (χ3v) is 9.23. The van der Waals surface area contributed by atoms with E-state index in [9.17, 15) is 20.1 Å². The first-order valence-electron chi connectivity index (χ1n) is 13.3. The molecular weight excluding hydrogens is 438 g/mol. The first kappa shape index (κ1) is 27.9. The summed E-state index contributed by atoms with van der Waals surface area (Å²) in [5.41, 5.74) is 2.52. The molecule has 0 saturated heterocycles. The van der Waals surface area contributed by atoms with Crippen molar-refractivity contribution >= 4 is 5.91 Å². The van der Waals surface area contributed by atoms with Gasteiger partial charge in [-0.1, -0.05) is 50.3 Å². The fraction of sp³-hybridized carbons (Fsp3) is 0.700. The van der Waals surface area contributed by atoms with Crippen LogP contribution in [0.5, 0.6) is 0 Å². The smallest absolute Gasteiger partial charge is 0.230 e. The van der Waals surface area contributed by atoms with Crippen molar-refractivity contribution in [2.75, 3.05) is 14.1 Å². The summed E-state index contributed by atoms with van der Waals surface area (Å²) in [6.07, 6.45) is 13.0. The van der Waals surface area contributed by atoms with Crippen molar-refractivity contribution in [2.45, 2.75) is 91.0 Å². The zero-order valence-corrected chi connectivity index (χ0v) is 22.6. The van der Waals surface area contributed by atoms with Crippen LogP contribution >= 0.6 is 0 Å². The Morgan fingerprint density at radius 3 is 2.54 bits per heavy atom. The van der Waals surface area contributed by atoms with Crippen molar-refractivity contribution in [2.24, 2.45) is 28.6 Å². The van der Waals surface area contributed by atoms with Gasteiger partial charge in [0, 0.05) is 20.5 Å². The number of fused-ring (bicyclic) bond motifs is 1. The minimum absolute atomic E-state index is 0.0768. The van der Waals surface area contributed by atoms with Gasteiger partial charge in [-0.3, -0.25) is 4.79 Å². The van der Waals surface area contributed by atoms with E-state index in [2.05, 4.69) is 38.7 Å². The molecule has 0 spiro atoms. The standard InChI is InChI=1S/C30H47NO4/c1-19(10-15-27(34)29(3,4)28(35)31(6)7)24-13-14-25-21(9-8-16-30(24,25)5)11-12-22-17-23(32)18-26(33)20(22)2/h10-12,15,19,23-27,32-34H,2,8-9,13-14,16-18H2,1,3-7H3/b15-10+,21-11+,22-12-/t19-,23-,24-,25+,26+,27-,30-/m1/s1. The first-order chi connectivity index (χ1) is 16.3. The maximum absolute atomic E-state index is 12.5. The highest BCUT2D eigenvalue weighted by Gasteiger charge is 2.50. The summed E-state index contributed by atoms with van der Waals surface area (Å²) >= 11 is 0. The fourth-order valence-corrected chi connectivity index (χ4v) is 6.97. The van der Waals surface area contributed by atoms with E-state index < -0.39 is 23.7 Å². The Morgan fingerprint density at radius 1 is 1.20 bits per heavy atom. The molecule has 3 N–H and O–H groups in total. The molecule has 3 rings (SSSR count). The number of rotatable bonds is 6. The summed E-state index contributed by atoms with van der Waals surface area (Å²) in [6, 6.07) is 0. The second-order valence-corrected chi connectivity index (χ2v) is 12.3. The molecule has 0 radical (unpaired) electrons. The molecule has 5 heteroatoms. The van der Waals surface area contributed by atoms with E-state index in [4.69, 9.17) is 0 Å². The van der Waals surface area contributed by atoms with Gasteiger partial charge in [-0.05, 0) is 86.7 Å². The summed E-state index contributed by atoms with van der Waals surface area (Å²) in [7, 11) is 3.45. The minimum atomic E-state index is -0.861. The predicted molar refractivity (Wildman–Crippen MR) is 142 cm³/mol. The van der Waals surface area contributed by atoms with Gasteiger partial charge in [0.2, 0.25) is 5.91 Å². The van der Waals surface area contributed by atoms with Gasteiger partial charge < -0.3 is 20.2 Å². The third kappa shape index (κ3) is 5.68. The van der Waals surface area contributed by atoms with Gasteiger partial charge in [-0.25, -0.2) is 0 Å². The molecule has 5 nitrogen and oxygen atoms in total. The Balaban J connectivity index is 1.74. The van der Waals surface area contributed by atoms with E-state index in [-0.39, 0.29) is 11.3 Å². The van der Waals surface area contributed by atoms with E-state index >= 15 is 0 Å². The molecule has 0 aromatic rings. The van der Waals surface area contributed by atoms with E-state index in [0.29, 0.717) is 30.6 Å². The number of aliphatic hydroxyl groups is 3. The van der Waals surface area contributed by atoms with Gasteiger partial charge in [-0.15, -0.1) is 0 Å². The Morgan fingerprint density at radius 2 is 1.89 bits per heavy atom. The lowest BCUT2D eigenvalue weighted by Gasteiger charge is -2.44. The van der Waals surface area contributed by atoms with Crippen molar-refractivity contribution < 1.29 is 20.1 Å². The van der Waals surface area contributed by atoms with Gasteiger partial charge in [0.05, 0.1) is 23.7 Å². The van der Waals surface area contributed by atoms with E-state index in [1.165, 1.54) is 12.0 Å². The van der Waals surface area contributed by atoms with Crippen molar-refractivity contribution in [3.63, 3.8) is 0 Å².